The number of benzene rings is 2. The molecule has 0 amide bonds. The molecular weight excluding hydrogens is 388 g/mol. The predicted octanol–water partition coefficient (Wildman–Crippen LogP) is 4.07. The molecule has 0 spiro atoms. The zero-order valence-electron chi connectivity index (χ0n) is 18.1. The molecule has 1 heterocycles. The average molecular weight is 423 g/mol. The summed E-state index contributed by atoms with van der Waals surface area (Å²) in [6.45, 7) is 2.06. The third-order valence-electron chi connectivity index (χ3n) is 5.98. The average Bonchev–Trinajstić information content (AvgIpc) is 3.33. The summed E-state index contributed by atoms with van der Waals surface area (Å²) in [5.41, 5.74) is 8.48. The summed E-state index contributed by atoms with van der Waals surface area (Å²) < 4.78 is 11.6. The van der Waals surface area contributed by atoms with Gasteiger partial charge in [0.05, 0.1) is 12.6 Å². The highest BCUT2D eigenvalue weighted by Gasteiger charge is 2.23. The highest BCUT2D eigenvalue weighted by molar-refractivity contribution is 5.94. The van der Waals surface area contributed by atoms with Gasteiger partial charge in [-0.1, -0.05) is 43.2 Å². The first-order chi connectivity index (χ1) is 15.3. The van der Waals surface area contributed by atoms with Crippen LogP contribution in [0.3, 0.4) is 0 Å². The molecule has 166 valence electrons. The number of nitrogens with zero attached hydrogens (tertiary/aromatic N) is 1. The second-order valence-electron chi connectivity index (χ2n) is 8.45. The van der Waals surface area contributed by atoms with E-state index < -0.39 is 0 Å². The van der Waals surface area contributed by atoms with Gasteiger partial charge in [0.25, 0.3) is 0 Å². The largest absolute Gasteiger partial charge is 0.489 e. The van der Waals surface area contributed by atoms with Gasteiger partial charge in [0.15, 0.2) is 5.96 Å². The summed E-state index contributed by atoms with van der Waals surface area (Å²) >= 11 is 0. The van der Waals surface area contributed by atoms with Crippen LogP contribution in [-0.2, 0) is 11.3 Å². The van der Waals surface area contributed by atoms with Crippen LogP contribution in [-0.4, -0.2) is 37.3 Å². The van der Waals surface area contributed by atoms with Crippen molar-refractivity contribution >= 4 is 11.6 Å². The van der Waals surface area contributed by atoms with Crippen molar-refractivity contribution in [2.75, 3.05) is 18.5 Å². The van der Waals surface area contributed by atoms with E-state index in [1.807, 2.05) is 42.5 Å². The Morgan fingerprint density at radius 1 is 1.00 bits per heavy atom. The number of rotatable bonds is 7. The third kappa shape index (κ3) is 6.71. The molecule has 6 heteroatoms. The van der Waals surface area contributed by atoms with Gasteiger partial charge in [-0.2, -0.15) is 0 Å². The normalized spacial score (nSPS) is 24.0. The molecule has 0 aromatic heterocycles. The minimum Gasteiger partial charge on any atom is -0.489 e. The van der Waals surface area contributed by atoms with Crippen molar-refractivity contribution < 1.29 is 9.47 Å². The maximum absolute atomic E-state index is 6.35. The van der Waals surface area contributed by atoms with Crippen LogP contribution >= 0.6 is 0 Å². The maximum Gasteiger partial charge on any atom is 0.196 e. The fourth-order valence-corrected chi connectivity index (χ4v) is 4.13. The zero-order chi connectivity index (χ0) is 21.3. The second kappa shape index (κ2) is 11.2. The Morgan fingerprint density at radius 2 is 1.81 bits per heavy atom. The molecule has 3 atom stereocenters. The maximum atomic E-state index is 6.35. The number of aliphatic imine (C=N–C) groups is 1. The summed E-state index contributed by atoms with van der Waals surface area (Å²) in [5, 5.41) is 7.01. The number of guanidine groups is 1. The molecule has 4 N–H and O–H groups in total. The number of hydrogen-bond donors (Lipinski definition) is 3. The lowest BCUT2D eigenvalue weighted by Gasteiger charge is -2.30. The van der Waals surface area contributed by atoms with Gasteiger partial charge in [-0.3, -0.25) is 4.99 Å². The number of nitrogens with one attached hydrogen (secondary N) is 2. The Bertz CT molecular complexity index is 819. The Balaban J connectivity index is 1.37. The fourth-order valence-electron chi connectivity index (χ4n) is 4.13. The third-order valence-corrected chi connectivity index (χ3v) is 5.98. The van der Waals surface area contributed by atoms with Crippen LogP contribution in [0.2, 0.25) is 0 Å². The van der Waals surface area contributed by atoms with E-state index in [1.54, 1.807) is 0 Å². The highest BCUT2D eigenvalue weighted by Crippen LogP contribution is 2.19. The van der Waals surface area contributed by atoms with E-state index in [0.717, 1.165) is 55.3 Å². The van der Waals surface area contributed by atoms with Crippen molar-refractivity contribution in [1.29, 1.82) is 0 Å². The predicted molar refractivity (Wildman–Crippen MR) is 125 cm³/mol. The zero-order valence-corrected chi connectivity index (χ0v) is 18.1. The van der Waals surface area contributed by atoms with Crippen LogP contribution in [0.5, 0.6) is 5.75 Å². The summed E-state index contributed by atoms with van der Waals surface area (Å²) in [6.07, 6.45) is 6.96. The molecule has 1 aliphatic carbocycles. The van der Waals surface area contributed by atoms with Gasteiger partial charge in [0.2, 0.25) is 0 Å². The van der Waals surface area contributed by atoms with Crippen LogP contribution in [0.4, 0.5) is 5.69 Å². The van der Waals surface area contributed by atoms with Crippen LogP contribution < -0.4 is 21.1 Å². The van der Waals surface area contributed by atoms with Gasteiger partial charge in [-0.05, 0) is 55.5 Å². The first-order valence-electron chi connectivity index (χ1n) is 11.5. The molecule has 0 radical (unpaired) electrons. The van der Waals surface area contributed by atoms with Gasteiger partial charge in [0, 0.05) is 24.4 Å². The lowest BCUT2D eigenvalue weighted by atomic mass is 9.91. The molecule has 1 aliphatic heterocycles. The summed E-state index contributed by atoms with van der Waals surface area (Å²) in [5.74, 6) is 1.62. The van der Waals surface area contributed by atoms with Crippen molar-refractivity contribution in [2.24, 2.45) is 10.7 Å². The molecule has 6 nitrogen and oxygen atoms in total. The minimum atomic E-state index is 0.164. The number of anilines is 1. The number of nitrogens with two attached hydrogens (primary N) is 1. The van der Waals surface area contributed by atoms with Gasteiger partial charge in [0.1, 0.15) is 12.4 Å². The Labute approximate surface area is 185 Å². The summed E-state index contributed by atoms with van der Waals surface area (Å²) in [7, 11) is 0. The quantitative estimate of drug-likeness (QED) is 0.463. The topological polar surface area (TPSA) is 80.9 Å². The van der Waals surface area contributed by atoms with E-state index in [0.29, 0.717) is 13.2 Å². The standard InChI is InChI=1S/C25H34N4O2/c26-23-10-4-5-11-24(23)29-25(27-17-22-9-6-16-30-22)28-20-12-14-21(15-13-20)31-18-19-7-2-1-3-8-19/h1-3,7-8,12-15,22-24H,4-6,9-11,16-18,26H2,(H2,27,28,29)/t22?,23-,24-/m0/s1. The Hall–Kier alpha value is -2.57. The molecule has 1 saturated heterocycles. The lowest BCUT2D eigenvalue weighted by molar-refractivity contribution is 0.117. The van der Waals surface area contributed by atoms with E-state index in [-0.39, 0.29) is 18.2 Å². The molecule has 2 aromatic rings. The van der Waals surface area contributed by atoms with Crippen molar-refractivity contribution in [3.63, 3.8) is 0 Å². The van der Waals surface area contributed by atoms with Crippen LogP contribution in [0.1, 0.15) is 44.1 Å². The SMILES string of the molecule is N[C@H]1CCCC[C@@H]1NC(=NCC1CCCO1)Nc1ccc(OCc2ccccc2)cc1. The first kappa shape index (κ1) is 21.7. The first-order valence-corrected chi connectivity index (χ1v) is 11.5. The minimum absolute atomic E-state index is 0.164. The van der Waals surface area contributed by atoms with Crippen LogP contribution in [0.15, 0.2) is 59.6 Å². The Kier molecular flexibility index (Phi) is 7.80. The van der Waals surface area contributed by atoms with Crippen LogP contribution in [0, 0.1) is 0 Å². The molecule has 2 aliphatic rings. The van der Waals surface area contributed by atoms with Crippen molar-refractivity contribution in [1.82, 2.24) is 5.32 Å². The van der Waals surface area contributed by atoms with E-state index in [9.17, 15) is 0 Å². The van der Waals surface area contributed by atoms with E-state index in [1.165, 1.54) is 12.8 Å². The summed E-state index contributed by atoms with van der Waals surface area (Å²) in [6, 6.07) is 18.6. The molecule has 4 rings (SSSR count). The highest BCUT2D eigenvalue weighted by atomic mass is 16.5. The van der Waals surface area contributed by atoms with Crippen molar-refractivity contribution in [2.45, 2.75) is 63.3 Å². The Morgan fingerprint density at radius 3 is 2.55 bits per heavy atom. The van der Waals surface area contributed by atoms with Crippen LogP contribution in [0.25, 0.3) is 0 Å². The smallest absolute Gasteiger partial charge is 0.196 e. The fraction of sp³-hybridized carbons (Fsp3) is 0.480. The van der Waals surface area contributed by atoms with Gasteiger partial charge < -0.3 is 25.8 Å². The molecular formula is C25H34N4O2. The molecule has 0 bridgehead atoms. The lowest BCUT2D eigenvalue weighted by Crippen LogP contribution is -2.51. The van der Waals surface area contributed by atoms with Crippen molar-refractivity contribution in [3.8, 4) is 5.75 Å². The van der Waals surface area contributed by atoms with E-state index in [4.69, 9.17) is 20.2 Å². The van der Waals surface area contributed by atoms with Gasteiger partial charge in [-0.15, -0.1) is 0 Å². The number of ether oxygens (including phenoxy) is 2. The molecule has 2 aromatic carbocycles. The monoisotopic (exact) mass is 422 g/mol. The number of hydrogen-bond acceptors (Lipinski definition) is 4. The molecule has 1 saturated carbocycles. The van der Waals surface area contributed by atoms with Gasteiger partial charge >= 0.3 is 0 Å². The van der Waals surface area contributed by atoms with Gasteiger partial charge in [-0.25, -0.2) is 0 Å². The second-order valence-corrected chi connectivity index (χ2v) is 8.45. The summed E-state index contributed by atoms with van der Waals surface area (Å²) in [4.78, 5) is 4.81. The molecule has 1 unspecified atom stereocenters. The molecule has 31 heavy (non-hydrogen) atoms. The van der Waals surface area contributed by atoms with Crippen molar-refractivity contribution in [3.05, 3.63) is 60.2 Å². The van der Waals surface area contributed by atoms with E-state index in [2.05, 4.69) is 22.8 Å². The van der Waals surface area contributed by atoms with E-state index >= 15 is 0 Å². The molecule has 2 fully saturated rings.